The van der Waals surface area contributed by atoms with Gasteiger partial charge in [0.15, 0.2) is 0 Å². The zero-order valence-corrected chi connectivity index (χ0v) is 20.8. The van der Waals surface area contributed by atoms with Gasteiger partial charge in [-0.2, -0.15) is 0 Å². The Morgan fingerprint density at radius 3 is 2.30 bits per heavy atom. The number of sulfonamides is 1. The van der Waals surface area contributed by atoms with E-state index in [1.54, 1.807) is 41.7 Å². The van der Waals surface area contributed by atoms with E-state index < -0.39 is 16.0 Å². The predicted molar refractivity (Wildman–Crippen MR) is 134 cm³/mol. The second-order valence-corrected chi connectivity index (χ2v) is 11.9. The molecule has 0 amide bonds. The number of thiophene rings is 1. The van der Waals surface area contributed by atoms with Gasteiger partial charge in [-0.15, -0.1) is 11.3 Å². The van der Waals surface area contributed by atoms with Gasteiger partial charge < -0.3 is 9.72 Å². The van der Waals surface area contributed by atoms with Crippen LogP contribution in [0.1, 0.15) is 41.7 Å². The van der Waals surface area contributed by atoms with E-state index in [0.717, 1.165) is 20.7 Å². The number of aromatic amines is 1. The Morgan fingerprint density at radius 2 is 1.73 bits per heavy atom. The van der Waals surface area contributed by atoms with Gasteiger partial charge in [-0.1, -0.05) is 32.9 Å². The van der Waals surface area contributed by atoms with Gasteiger partial charge in [0.05, 0.1) is 12.0 Å². The standard InChI is InChI=1S/C25H26N2O4S2/c1-15-6-13-21(32-15)22-19-14-17(9-12-20(19)26-23(22)24(28)31-5)27-33(29,30)18-10-7-16(8-11-18)25(2,3)4/h6-14,26-27H,1-5H3. The topological polar surface area (TPSA) is 88.3 Å². The predicted octanol–water partition coefficient (Wildman–Crippen LogP) is 6.09. The summed E-state index contributed by atoms with van der Waals surface area (Å²) < 4.78 is 33.7. The zero-order valence-electron chi connectivity index (χ0n) is 19.1. The fourth-order valence-corrected chi connectivity index (χ4v) is 5.67. The van der Waals surface area contributed by atoms with E-state index in [9.17, 15) is 13.2 Å². The maximum atomic E-state index is 13.0. The average molecular weight is 483 g/mol. The molecule has 2 N–H and O–H groups in total. The Hall–Kier alpha value is -3.10. The van der Waals surface area contributed by atoms with Crippen LogP contribution in [0, 0.1) is 6.92 Å². The van der Waals surface area contributed by atoms with Crippen LogP contribution in [0.25, 0.3) is 21.3 Å². The molecule has 33 heavy (non-hydrogen) atoms. The summed E-state index contributed by atoms with van der Waals surface area (Å²) >= 11 is 1.56. The second-order valence-electron chi connectivity index (χ2n) is 8.92. The summed E-state index contributed by atoms with van der Waals surface area (Å²) in [6.07, 6.45) is 0. The number of carbonyl (C=O) groups excluding carboxylic acids is 1. The van der Waals surface area contributed by atoms with Crippen LogP contribution in [-0.4, -0.2) is 26.5 Å². The molecule has 0 spiro atoms. The molecule has 0 radical (unpaired) electrons. The molecule has 0 aliphatic rings. The molecule has 4 aromatic rings. The number of fused-ring (bicyclic) bond motifs is 1. The first-order valence-electron chi connectivity index (χ1n) is 10.4. The van der Waals surface area contributed by atoms with Crippen molar-refractivity contribution >= 4 is 43.9 Å². The number of aryl methyl sites for hydroxylation is 1. The highest BCUT2D eigenvalue weighted by molar-refractivity contribution is 7.92. The molecule has 2 heterocycles. The normalized spacial score (nSPS) is 12.2. The van der Waals surface area contributed by atoms with Crippen LogP contribution in [0.4, 0.5) is 5.69 Å². The van der Waals surface area contributed by atoms with E-state index in [-0.39, 0.29) is 10.3 Å². The van der Waals surface area contributed by atoms with Crippen molar-refractivity contribution in [3.63, 3.8) is 0 Å². The summed E-state index contributed by atoms with van der Waals surface area (Å²) in [4.78, 5) is 17.7. The third-order valence-corrected chi connectivity index (χ3v) is 7.87. The van der Waals surface area contributed by atoms with E-state index in [4.69, 9.17) is 4.74 Å². The Bertz CT molecular complexity index is 1440. The lowest BCUT2D eigenvalue weighted by atomic mass is 9.87. The van der Waals surface area contributed by atoms with Crippen molar-refractivity contribution in [2.24, 2.45) is 0 Å². The molecule has 6 nitrogen and oxygen atoms in total. The molecular weight excluding hydrogens is 456 g/mol. The number of carbonyl (C=O) groups is 1. The van der Waals surface area contributed by atoms with Crippen LogP contribution in [0.2, 0.25) is 0 Å². The van der Waals surface area contributed by atoms with Crippen molar-refractivity contribution in [2.75, 3.05) is 11.8 Å². The summed E-state index contributed by atoms with van der Waals surface area (Å²) in [5.41, 5.74) is 3.16. The largest absolute Gasteiger partial charge is 0.464 e. The fourth-order valence-electron chi connectivity index (χ4n) is 3.68. The maximum Gasteiger partial charge on any atom is 0.355 e. The minimum absolute atomic E-state index is 0.0665. The quantitative estimate of drug-likeness (QED) is 0.337. The van der Waals surface area contributed by atoms with Crippen LogP contribution in [-0.2, 0) is 20.2 Å². The third-order valence-electron chi connectivity index (χ3n) is 5.46. The molecule has 0 saturated heterocycles. The number of methoxy groups -OCH3 is 1. The Kier molecular flexibility index (Phi) is 5.84. The van der Waals surface area contributed by atoms with Crippen LogP contribution in [0.3, 0.4) is 0 Å². The molecule has 0 bridgehead atoms. The van der Waals surface area contributed by atoms with Crippen molar-refractivity contribution in [1.82, 2.24) is 4.98 Å². The van der Waals surface area contributed by atoms with Crippen LogP contribution >= 0.6 is 11.3 Å². The Morgan fingerprint density at radius 1 is 1.03 bits per heavy atom. The summed E-state index contributed by atoms with van der Waals surface area (Å²) in [5.74, 6) is -0.478. The van der Waals surface area contributed by atoms with Crippen molar-refractivity contribution in [3.8, 4) is 10.4 Å². The van der Waals surface area contributed by atoms with Crippen LogP contribution < -0.4 is 4.72 Å². The summed E-state index contributed by atoms with van der Waals surface area (Å²) in [6.45, 7) is 8.23. The Balaban J connectivity index is 1.75. The summed E-state index contributed by atoms with van der Waals surface area (Å²) in [5, 5.41) is 0.737. The summed E-state index contributed by atoms with van der Waals surface area (Å²) in [7, 11) is -2.45. The first-order valence-corrected chi connectivity index (χ1v) is 12.7. The number of rotatable bonds is 5. The fraction of sp³-hybridized carbons (Fsp3) is 0.240. The number of esters is 1. The number of hydrogen-bond donors (Lipinski definition) is 2. The van der Waals surface area contributed by atoms with Crippen LogP contribution in [0.15, 0.2) is 59.5 Å². The third kappa shape index (κ3) is 4.54. The molecule has 4 rings (SSSR count). The van der Waals surface area contributed by atoms with E-state index in [0.29, 0.717) is 22.5 Å². The molecule has 0 atom stereocenters. The molecular formula is C25H26N2O4S2. The molecule has 2 aromatic heterocycles. The molecule has 0 aliphatic carbocycles. The minimum Gasteiger partial charge on any atom is -0.464 e. The zero-order chi connectivity index (χ0) is 24.0. The highest BCUT2D eigenvalue weighted by atomic mass is 32.2. The highest BCUT2D eigenvalue weighted by Crippen LogP contribution is 2.38. The number of H-pyrrole nitrogens is 1. The highest BCUT2D eigenvalue weighted by Gasteiger charge is 2.22. The molecule has 0 aliphatic heterocycles. The van der Waals surface area contributed by atoms with Crippen molar-refractivity contribution < 1.29 is 17.9 Å². The first-order chi connectivity index (χ1) is 15.5. The molecule has 0 saturated carbocycles. The number of aromatic nitrogens is 1. The molecule has 0 fully saturated rings. The minimum atomic E-state index is -3.78. The van der Waals surface area contributed by atoms with E-state index >= 15 is 0 Å². The van der Waals surface area contributed by atoms with Gasteiger partial charge in [0, 0.05) is 31.9 Å². The smallest absolute Gasteiger partial charge is 0.355 e. The molecule has 172 valence electrons. The van der Waals surface area contributed by atoms with Gasteiger partial charge in [-0.05, 0) is 60.4 Å². The van der Waals surface area contributed by atoms with Gasteiger partial charge in [-0.3, -0.25) is 4.72 Å². The lowest BCUT2D eigenvalue weighted by Crippen LogP contribution is -2.14. The van der Waals surface area contributed by atoms with E-state index in [1.165, 1.54) is 7.11 Å². The van der Waals surface area contributed by atoms with Crippen molar-refractivity contribution in [1.29, 1.82) is 0 Å². The first kappa shape index (κ1) is 23.1. The number of ether oxygens (including phenoxy) is 1. The van der Waals surface area contributed by atoms with Crippen molar-refractivity contribution in [3.05, 3.63) is 70.7 Å². The number of anilines is 1. The lowest BCUT2D eigenvalue weighted by Gasteiger charge is -2.19. The number of hydrogen-bond acceptors (Lipinski definition) is 5. The summed E-state index contributed by atoms with van der Waals surface area (Å²) in [6, 6.07) is 16.0. The second kappa shape index (κ2) is 8.35. The molecule has 0 unspecified atom stereocenters. The average Bonchev–Trinajstić information content (AvgIpc) is 3.35. The molecule has 8 heteroatoms. The van der Waals surface area contributed by atoms with Gasteiger partial charge in [0.2, 0.25) is 0 Å². The van der Waals surface area contributed by atoms with Crippen LogP contribution in [0.5, 0.6) is 0 Å². The number of nitrogens with one attached hydrogen (secondary N) is 2. The number of benzene rings is 2. The monoisotopic (exact) mass is 482 g/mol. The van der Waals surface area contributed by atoms with E-state index in [1.807, 2.05) is 31.2 Å². The maximum absolute atomic E-state index is 13.0. The van der Waals surface area contributed by atoms with Crippen molar-refractivity contribution in [2.45, 2.75) is 38.0 Å². The van der Waals surface area contributed by atoms with Gasteiger partial charge in [-0.25, -0.2) is 13.2 Å². The Labute approximate surface area is 197 Å². The van der Waals surface area contributed by atoms with Gasteiger partial charge in [0.25, 0.3) is 10.0 Å². The lowest BCUT2D eigenvalue weighted by molar-refractivity contribution is 0.0596. The molecule has 2 aromatic carbocycles. The SMILES string of the molecule is COC(=O)c1[nH]c2ccc(NS(=O)(=O)c3ccc(C(C)(C)C)cc3)cc2c1-c1ccc(C)s1. The van der Waals surface area contributed by atoms with Gasteiger partial charge in [0.1, 0.15) is 5.69 Å². The van der Waals surface area contributed by atoms with E-state index in [2.05, 4.69) is 30.5 Å². The van der Waals surface area contributed by atoms with Gasteiger partial charge >= 0.3 is 5.97 Å².